The molecule has 0 spiro atoms. The van der Waals surface area contributed by atoms with Gasteiger partial charge < -0.3 is 10.1 Å². The number of halogens is 2. The molecule has 1 amide bonds. The third kappa shape index (κ3) is 3.82. The van der Waals surface area contributed by atoms with Gasteiger partial charge in [0.25, 0.3) is 17.9 Å². The molecule has 0 saturated heterocycles. The Morgan fingerprint density at radius 1 is 1.33 bits per heavy atom. The van der Waals surface area contributed by atoms with Crippen molar-refractivity contribution in [3.05, 3.63) is 40.3 Å². The molecule has 1 aromatic carbocycles. The molecule has 2 N–H and O–H groups in total. The quantitative estimate of drug-likeness (QED) is 0.777. The number of hydrogen-bond donors (Lipinski definition) is 2. The van der Waals surface area contributed by atoms with Crippen molar-refractivity contribution in [1.82, 2.24) is 15.5 Å². The molecule has 0 unspecified atom stereocenters. The van der Waals surface area contributed by atoms with Crippen molar-refractivity contribution in [2.45, 2.75) is 6.43 Å². The Kier molecular flexibility index (Phi) is 4.94. The number of nitrogens with zero attached hydrogens (tertiary/aromatic N) is 1. The van der Waals surface area contributed by atoms with Crippen LogP contribution >= 0.6 is 0 Å². The zero-order valence-corrected chi connectivity index (χ0v) is 10.9. The van der Waals surface area contributed by atoms with Crippen LogP contribution in [0.15, 0.2) is 29.1 Å². The van der Waals surface area contributed by atoms with Crippen molar-refractivity contribution in [2.75, 3.05) is 19.8 Å². The molecule has 1 aromatic heterocycles. The molecule has 0 saturated carbocycles. The fourth-order valence-corrected chi connectivity index (χ4v) is 1.78. The molecule has 6 nitrogen and oxygen atoms in total. The molecule has 2 rings (SSSR count). The van der Waals surface area contributed by atoms with Crippen LogP contribution < -0.4 is 10.9 Å². The highest BCUT2D eigenvalue weighted by atomic mass is 19.3. The second kappa shape index (κ2) is 6.89. The van der Waals surface area contributed by atoms with E-state index in [0.717, 1.165) is 0 Å². The van der Waals surface area contributed by atoms with E-state index in [4.69, 9.17) is 0 Å². The number of H-pyrrole nitrogens is 1. The SMILES string of the molecule is O=C(NCCOCC(F)F)c1n[nH]c(=O)c2ccccc12. The number of amides is 1. The number of fused-ring (bicyclic) bond motifs is 1. The van der Waals surface area contributed by atoms with E-state index in [1.54, 1.807) is 24.3 Å². The average Bonchev–Trinajstić information content (AvgIpc) is 2.47. The fraction of sp³-hybridized carbons (Fsp3) is 0.308. The molecule has 0 aliphatic heterocycles. The van der Waals surface area contributed by atoms with Crippen LogP contribution in [0.1, 0.15) is 10.5 Å². The van der Waals surface area contributed by atoms with Gasteiger partial charge in [-0.2, -0.15) is 5.10 Å². The molecule has 0 aliphatic rings. The normalized spacial score (nSPS) is 11.0. The number of carbonyl (C=O) groups excluding carboxylic acids is 1. The number of alkyl halides is 2. The Labute approximate surface area is 118 Å². The maximum absolute atomic E-state index is 12.0. The molecule has 0 fully saturated rings. The van der Waals surface area contributed by atoms with Crippen molar-refractivity contribution in [3.8, 4) is 0 Å². The topological polar surface area (TPSA) is 84.1 Å². The maximum Gasteiger partial charge on any atom is 0.272 e. The lowest BCUT2D eigenvalue weighted by Gasteiger charge is -2.07. The van der Waals surface area contributed by atoms with E-state index in [1.807, 2.05) is 0 Å². The monoisotopic (exact) mass is 297 g/mol. The first-order valence-corrected chi connectivity index (χ1v) is 6.21. The minimum absolute atomic E-state index is 0.0304. The Hall–Kier alpha value is -2.35. The van der Waals surface area contributed by atoms with Gasteiger partial charge in [-0.3, -0.25) is 9.59 Å². The number of aromatic nitrogens is 2. The van der Waals surface area contributed by atoms with Crippen molar-refractivity contribution in [3.63, 3.8) is 0 Å². The van der Waals surface area contributed by atoms with Gasteiger partial charge in [-0.1, -0.05) is 18.2 Å². The number of aromatic amines is 1. The Bertz CT molecular complexity index is 688. The van der Waals surface area contributed by atoms with Crippen molar-refractivity contribution in [1.29, 1.82) is 0 Å². The van der Waals surface area contributed by atoms with E-state index in [1.165, 1.54) is 0 Å². The predicted octanol–water partition coefficient (Wildman–Crippen LogP) is 0.935. The highest BCUT2D eigenvalue weighted by molar-refractivity contribution is 6.04. The number of carbonyl (C=O) groups is 1. The number of benzene rings is 1. The lowest BCUT2D eigenvalue weighted by Crippen LogP contribution is -2.29. The van der Waals surface area contributed by atoms with Crippen LogP contribution in [0.4, 0.5) is 8.78 Å². The lowest BCUT2D eigenvalue weighted by molar-refractivity contribution is 0.0188. The minimum atomic E-state index is -2.54. The van der Waals surface area contributed by atoms with Gasteiger partial charge in [0.05, 0.1) is 12.0 Å². The van der Waals surface area contributed by atoms with E-state index in [0.29, 0.717) is 10.8 Å². The summed E-state index contributed by atoms with van der Waals surface area (Å²) in [6, 6.07) is 6.56. The average molecular weight is 297 g/mol. The van der Waals surface area contributed by atoms with E-state index in [2.05, 4.69) is 20.3 Å². The van der Waals surface area contributed by atoms with E-state index in [9.17, 15) is 18.4 Å². The summed E-state index contributed by atoms with van der Waals surface area (Å²) in [6.45, 7) is -0.631. The fourth-order valence-electron chi connectivity index (χ4n) is 1.78. The Balaban J connectivity index is 2.03. The summed E-state index contributed by atoms with van der Waals surface area (Å²) in [5.41, 5.74) is -0.318. The van der Waals surface area contributed by atoms with Crippen LogP contribution in [-0.4, -0.2) is 42.3 Å². The van der Waals surface area contributed by atoms with Crippen molar-refractivity contribution >= 4 is 16.7 Å². The highest BCUT2D eigenvalue weighted by Gasteiger charge is 2.13. The summed E-state index contributed by atoms with van der Waals surface area (Å²) in [5.74, 6) is -0.511. The van der Waals surface area contributed by atoms with Gasteiger partial charge in [-0.25, -0.2) is 13.9 Å². The van der Waals surface area contributed by atoms with E-state index < -0.39 is 18.9 Å². The smallest absolute Gasteiger partial charge is 0.272 e. The molecule has 0 bridgehead atoms. The van der Waals surface area contributed by atoms with E-state index >= 15 is 0 Å². The largest absolute Gasteiger partial charge is 0.374 e. The first-order valence-electron chi connectivity index (χ1n) is 6.21. The van der Waals surface area contributed by atoms with Crippen LogP contribution in [0.25, 0.3) is 10.8 Å². The van der Waals surface area contributed by atoms with Crippen LogP contribution in [-0.2, 0) is 4.74 Å². The maximum atomic E-state index is 12.0. The van der Waals surface area contributed by atoms with Crippen LogP contribution in [0, 0.1) is 0 Å². The summed E-state index contributed by atoms with van der Waals surface area (Å²) >= 11 is 0. The second-order valence-electron chi connectivity index (χ2n) is 4.17. The van der Waals surface area contributed by atoms with Gasteiger partial charge in [0.15, 0.2) is 5.69 Å². The number of hydrogen-bond acceptors (Lipinski definition) is 4. The summed E-state index contributed by atoms with van der Waals surface area (Å²) in [7, 11) is 0. The zero-order chi connectivity index (χ0) is 15.2. The van der Waals surface area contributed by atoms with Gasteiger partial charge in [0, 0.05) is 11.9 Å². The number of rotatable bonds is 6. The molecule has 0 radical (unpaired) electrons. The third-order valence-corrected chi connectivity index (χ3v) is 2.69. The molecule has 0 atom stereocenters. The van der Waals surface area contributed by atoms with Gasteiger partial charge in [0.2, 0.25) is 0 Å². The van der Waals surface area contributed by atoms with Crippen molar-refractivity contribution < 1.29 is 18.3 Å². The second-order valence-corrected chi connectivity index (χ2v) is 4.17. The molecule has 8 heteroatoms. The molecular weight excluding hydrogens is 284 g/mol. The molecular formula is C13H13F2N3O3. The Morgan fingerprint density at radius 3 is 2.76 bits per heavy atom. The molecule has 1 heterocycles. The molecule has 2 aromatic rings. The summed E-state index contributed by atoms with van der Waals surface area (Å²) in [4.78, 5) is 23.5. The number of nitrogens with one attached hydrogen (secondary N) is 2. The minimum Gasteiger partial charge on any atom is -0.374 e. The van der Waals surface area contributed by atoms with E-state index in [-0.39, 0.29) is 24.4 Å². The Morgan fingerprint density at radius 2 is 2.05 bits per heavy atom. The predicted molar refractivity (Wildman–Crippen MR) is 71.5 cm³/mol. The van der Waals surface area contributed by atoms with Gasteiger partial charge in [-0.15, -0.1) is 0 Å². The van der Waals surface area contributed by atoms with Gasteiger partial charge in [-0.05, 0) is 6.07 Å². The molecule has 0 aliphatic carbocycles. The van der Waals surface area contributed by atoms with Crippen LogP contribution in [0.3, 0.4) is 0 Å². The number of ether oxygens (including phenoxy) is 1. The molecule has 112 valence electrons. The first kappa shape index (κ1) is 15.0. The van der Waals surface area contributed by atoms with Gasteiger partial charge >= 0.3 is 0 Å². The highest BCUT2D eigenvalue weighted by Crippen LogP contribution is 2.11. The van der Waals surface area contributed by atoms with Gasteiger partial charge in [0.1, 0.15) is 6.61 Å². The summed E-state index contributed by atoms with van der Waals surface area (Å²) < 4.78 is 28.3. The standard InChI is InChI=1S/C13H13F2N3O3/c14-10(15)7-21-6-5-16-13(20)11-8-3-1-2-4-9(8)12(19)18-17-11/h1-4,10H,5-7H2,(H,16,20)(H,18,19). The van der Waals surface area contributed by atoms with Crippen molar-refractivity contribution in [2.24, 2.45) is 0 Å². The summed E-state index contributed by atoms with van der Waals surface area (Å²) in [6.07, 6.45) is -2.54. The lowest BCUT2D eigenvalue weighted by atomic mass is 10.1. The van der Waals surface area contributed by atoms with Crippen LogP contribution in [0.2, 0.25) is 0 Å². The third-order valence-electron chi connectivity index (χ3n) is 2.69. The summed E-state index contributed by atoms with van der Waals surface area (Å²) in [5, 5.41) is 9.23. The molecule has 21 heavy (non-hydrogen) atoms. The first-order chi connectivity index (χ1) is 10.1. The zero-order valence-electron chi connectivity index (χ0n) is 10.9. The van der Waals surface area contributed by atoms with Crippen LogP contribution in [0.5, 0.6) is 0 Å².